The third kappa shape index (κ3) is 6.08. The molecule has 2 aromatic carbocycles. The number of benzene rings is 2. The molecule has 0 heterocycles. The summed E-state index contributed by atoms with van der Waals surface area (Å²) < 4.78 is 0. The molecule has 186 valence electrons. The second kappa shape index (κ2) is 9.20. The van der Waals surface area contributed by atoms with Crippen molar-refractivity contribution in [2.45, 2.75) is 105 Å². The molecule has 2 N–H and O–H groups in total. The van der Waals surface area contributed by atoms with Crippen molar-refractivity contribution in [2.75, 3.05) is 0 Å². The Kier molecular flexibility index (Phi) is 7.48. The first-order chi connectivity index (χ1) is 15.3. The molecular formula is C30H44N2O2. The number of nitrogens with zero attached hydrogens (tertiary/aromatic N) is 2. The highest BCUT2D eigenvalue weighted by molar-refractivity contribution is 5.86. The summed E-state index contributed by atoms with van der Waals surface area (Å²) in [7, 11) is 0. The second-order valence-electron chi connectivity index (χ2n) is 12.6. The van der Waals surface area contributed by atoms with Crippen LogP contribution in [0.2, 0.25) is 0 Å². The van der Waals surface area contributed by atoms with E-state index in [1.165, 1.54) is 0 Å². The summed E-state index contributed by atoms with van der Waals surface area (Å²) >= 11 is 0. The minimum Gasteiger partial charge on any atom is -0.507 e. The Morgan fingerprint density at radius 2 is 0.853 bits per heavy atom. The lowest BCUT2D eigenvalue weighted by Gasteiger charge is -2.35. The average Bonchev–Trinajstić information content (AvgIpc) is 2.66. The largest absolute Gasteiger partial charge is 0.507 e. The average molecular weight is 465 g/mol. The zero-order valence-corrected chi connectivity index (χ0v) is 23.3. The maximum Gasteiger partial charge on any atom is 0.128 e. The molecular weight excluding hydrogens is 420 g/mol. The van der Waals surface area contributed by atoms with E-state index in [-0.39, 0.29) is 22.3 Å². The van der Waals surface area contributed by atoms with Gasteiger partial charge in [0.2, 0.25) is 0 Å². The van der Waals surface area contributed by atoms with Crippen LogP contribution in [0.25, 0.3) is 0 Å². The molecule has 4 heteroatoms. The van der Waals surface area contributed by atoms with Crippen LogP contribution in [-0.2, 0) is 10.8 Å². The Hall–Kier alpha value is -2.62. The summed E-state index contributed by atoms with van der Waals surface area (Å²) in [5, 5.41) is 21.8. The van der Waals surface area contributed by atoms with Crippen LogP contribution >= 0.6 is 0 Å². The number of phenols is 2. The van der Waals surface area contributed by atoms with Crippen molar-refractivity contribution < 1.29 is 10.2 Å². The van der Waals surface area contributed by atoms with E-state index in [0.29, 0.717) is 11.1 Å². The lowest BCUT2D eigenvalue weighted by atomic mass is 9.82. The van der Waals surface area contributed by atoms with Crippen molar-refractivity contribution in [2.24, 2.45) is 9.98 Å². The SMILES string of the molecule is Cc1cc(C=NC(C)(C)C(C)(C)N=Cc2cc(C)cc(C(C)(C)C)c2O)c(O)c(C(C)(C)C)c1. The first kappa shape index (κ1) is 27.6. The van der Waals surface area contributed by atoms with Crippen molar-refractivity contribution in [1.29, 1.82) is 0 Å². The number of rotatable bonds is 5. The Bertz CT molecular complexity index is 1020. The van der Waals surface area contributed by atoms with Gasteiger partial charge in [-0.15, -0.1) is 0 Å². The number of hydrogen-bond donors (Lipinski definition) is 2. The topological polar surface area (TPSA) is 65.2 Å². The zero-order valence-electron chi connectivity index (χ0n) is 23.3. The highest BCUT2D eigenvalue weighted by Crippen LogP contribution is 2.36. The molecule has 0 atom stereocenters. The third-order valence-electron chi connectivity index (χ3n) is 6.73. The van der Waals surface area contributed by atoms with Gasteiger partial charge in [0, 0.05) is 34.7 Å². The summed E-state index contributed by atoms with van der Waals surface area (Å²) in [6.07, 6.45) is 3.52. The molecule has 0 aliphatic heterocycles. The molecule has 34 heavy (non-hydrogen) atoms. The summed E-state index contributed by atoms with van der Waals surface area (Å²) in [4.78, 5) is 9.74. The molecule has 0 saturated heterocycles. The number of aryl methyl sites for hydroxylation is 2. The Balaban J connectivity index is 2.43. The minimum absolute atomic E-state index is 0.167. The number of hydrogen-bond acceptors (Lipinski definition) is 4. The van der Waals surface area contributed by atoms with Gasteiger partial charge >= 0.3 is 0 Å². The van der Waals surface area contributed by atoms with Gasteiger partial charge in [0.05, 0.1) is 11.1 Å². The van der Waals surface area contributed by atoms with Crippen molar-refractivity contribution in [1.82, 2.24) is 0 Å². The molecule has 0 aromatic heterocycles. The monoisotopic (exact) mass is 464 g/mol. The number of aliphatic imine (C=N–C) groups is 2. The first-order valence-electron chi connectivity index (χ1n) is 12.0. The van der Waals surface area contributed by atoms with Crippen LogP contribution in [0.4, 0.5) is 0 Å². The van der Waals surface area contributed by atoms with Crippen LogP contribution in [0.15, 0.2) is 34.3 Å². The predicted octanol–water partition coefficient (Wildman–Crippen LogP) is 7.40. The molecule has 4 nitrogen and oxygen atoms in total. The molecule has 0 amide bonds. The molecule has 0 radical (unpaired) electrons. The van der Waals surface area contributed by atoms with Crippen LogP contribution in [0.1, 0.15) is 103 Å². The smallest absolute Gasteiger partial charge is 0.128 e. The van der Waals surface area contributed by atoms with Crippen LogP contribution in [0.3, 0.4) is 0 Å². The fourth-order valence-corrected chi connectivity index (χ4v) is 3.73. The standard InChI is InChI=1S/C30H44N2O2/c1-19-13-21(25(33)23(15-19)27(3,4)5)17-31-29(9,10)30(11,12)32-18-22-14-20(2)16-24(26(22)34)28(6,7)8/h13-18,33-34H,1-12H3. The number of aromatic hydroxyl groups is 2. The highest BCUT2D eigenvalue weighted by Gasteiger charge is 2.36. The zero-order chi connectivity index (χ0) is 26.3. The molecule has 0 unspecified atom stereocenters. The van der Waals surface area contributed by atoms with Gasteiger partial charge in [-0.2, -0.15) is 0 Å². The van der Waals surface area contributed by atoms with Crippen LogP contribution in [-0.4, -0.2) is 33.7 Å². The third-order valence-corrected chi connectivity index (χ3v) is 6.73. The van der Waals surface area contributed by atoms with E-state index >= 15 is 0 Å². The maximum atomic E-state index is 10.9. The van der Waals surface area contributed by atoms with Crippen LogP contribution in [0, 0.1) is 13.8 Å². The normalized spacial score (nSPS) is 13.9. The van der Waals surface area contributed by atoms with E-state index < -0.39 is 11.1 Å². The molecule has 0 spiro atoms. The Morgan fingerprint density at radius 1 is 0.559 bits per heavy atom. The van der Waals surface area contributed by atoms with Crippen molar-refractivity contribution in [3.05, 3.63) is 57.6 Å². The van der Waals surface area contributed by atoms with E-state index in [0.717, 1.165) is 22.3 Å². The highest BCUT2D eigenvalue weighted by atomic mass is 16.3. The van der Waals surface area contributed by atoms with Gasteiger partial charge in [0.25, 0.3) is 0 Å². The van der Waals surface area contributed by atoms with E-state index in [1.807, 2.05) is 65.8 Å². The molecule has 0 bridgehead atoms. The van der Waals surface area contributed by atoms with Crippen LogP contribution < -0.4 is 0 Å². The lowest BCUT2D eigenvalue weighted by Crippen LogP contribution is -2.42. The quantitative estimate of drug-likeness (QED) is 0.453. The molecule has 2 aromatic rings. The summed E-state index contributed by atoms with van der Waals surface area (Å²) in [5.41, 5.74) is 3.96. The van der Waals surface area contributed by atoms with Gasteiger partial charge in [-0.25, -0.2) is 0 Å². The van der Waals surface area contributed by atoms with E-state index in [2.05, 4.69) is 41.5 Å². The van der Waals surface area contributed by atoms with Gasteiger partial charge in [0.1, 0.15) is 11.5 Å². The van der Waals surface area contributed by atoms with Gasteiger partial charge in [-0.1, -0.05) is 53.7 Å². The summed E-state index contributed by atoms with van der Waals surface area (Å²) in [6.45, 7) is 24.8. The molecule has 0 saturated carbocycles. The summed E-state index contributed by atoms with van der Waals surface area (Å²) in [5.74, 6) is 0.553. The van der Waals surface area contributed by atoms with Gasteiger partial charge in [-0.3, -0.25) is 9.98 Å². The van der Waals surface area contributed by atoms with Crippen LogP contribution in [0.5, 0.6) is 11.5 Å². The van der Waals surface area contributed by atoms with Gasteiger partial charge < -0.3 is 10.2 Å². The van der Waals surface area contributed by atoms with Crippen molar-refractivity contribution >= 4 is 12.4 Å². The van der Waals surface area contributed by atoms with E-state index in [9.17, 15) is 10.2 Å². The Morgan fingerprint density at radius 3 is 1.12 bits per heavy atom. The molecule has 2 rings (SSSR count). The molecule has 0 fully saturated rings. The lowest BCUT2D eigenvalue weighted by molar-refractivity contribution is 0.317. The van der Waals surface area contributed by atoms with Gasteiger partial charge in [0.15, 0.2) is 0 Å². The van der Waals surface area contributed by atoms with Crippen molar-refractivity contribution in [3.63, 3.8) is 0 Å². The Labute approximate surface area is 206 Å². The number of phenolic OH excluding ortho intramolecular Hbond substituents is 2. The fraction of sp³-hybridized carbons (Fsp3) is 0.533. The first-order valence-corrected chi connectivity index (χ1v) is 12.0. The minimum atomic E-state index is -0.562. The fourth-order valence-electron chi connectivity index (χ4n) is 3.73. The van der Waals surface area contributed by atoms with E-state index in [1.54, 1.807) is 12.4 Å². The van der Waals surface area contributed by atoms with E-state index in [4.69, 9.17) is 9.98 Å². The van der Waals surface area contributed by atoms with Crippen molar-refractivity contribution in [3.8, 4) is 11.5 Å². The molecule has 0 aliphatic carbocycles. The molecule has 0 aliphatic rings. The predicted molar refractivity (Wildman–Crippen MR) is 146 cm³/mol. The second-order valence-corrected chi connectivity index (χ2v) is 12.6. The summed E-state index contributed by atoms with van der Waals surface area (Å²) in [6, 6.07) is 7.98. The van der Waals surface area contributed by atoms with Gasteiger partial charge in [-0.05, 0) is 75.6 Å². The maximum absolute atomic E-state index is 10.9.